The predicted molar refractivity (Wildman–Crippen MR) is 146 cm³/mol. The van der Waals surface area contributed by atoms with Crippen LogP contribution in [-0.4, -0.2) is 73.5 Å². The molecular weight excluding hydrogens is 520 g/mol. The molecule has 0 atom stereocenters. The van der Waals surface area contributed by atoms with Crippen LogP contribution < -0.4 is 10.6 Å². The van der Waals surface area contributed by atoms with Crippen LogP contribution in [0.1, 0.15) is 47.2 Å². The highest BCUT2D eigenvalue weighted by Gasteiger charge is 2.33. The van der Waals surface area contributed by atoms with Crippen LogP contribution >= 0.6 is 0 Å². The maximum atomic E-state index is 13.1. The zero-order valence-corrected chi connectivity index (χ0v) is 22.6. The number of likely N-dealkylation sites (tertiary alicyclic amines) is 1. The van der Waals surface area contributed by atoms with Crippen molar-refractivity contribution in [2.24, 2.45) is 5.92 Å². The quantitative estimate of drug-likeness (QED) is 0.542. The molecule has 0 aliphatic carbocycles. The van der Waals surface area contributed by atoms with Crippen LogP contribution in [0.15, 0.2) is 48.5 Å². The number of rotatable bonds is 7. The summed E-state index contributed by atoms with van der Waals surface area (Å²) in [7, 11) is -3.44. The number of carbonyl (C=O) groups is 3. The molecular formula is C28H34N4O6S. The fraction of sp³-hybridized carbons (Fsp3) is 0.464. The van der Waals surface area contributed by atoms with Crippen LogP contribution in [0.5, 0.6) is 0 Å². The molecule has 3 amide bonds. The Balaban J connectivity index is 1.04. The Kier molecular flexibility index (Phi) is 8.18. The number of hydrogen-bond donors (Lipinski definition) is 2. The monoisotopic (exact) mass is 554 g/mol. The van der Waals surface area contributed by atoms with Crippen molar-refractivity contribution in [3.05, 3.63) is 65.2 Å². The normalized spacial score (nSPS) is 18.9. The summed E-state index contributed by atoms with van der Waals surface area (Å²) in [6, 6.07) is 14.5. The van der Waals surface area contributed by atoms with Crippen LogP contribution in [0.2, 0.25) is 0 Å². The molecule has 3 heterocycles. The molecule has 2 aromatic rings. The average Bonchev–Trinajstić information content (AvgIpc) is 3.32. The van der Waals surface area contributed by atoms with Crippen molar-refractivity contribution in [3.63, 3.8) is 0 Å². The van der Waals surface area contributed by atoms with Crippen molar-refractivity contribution in [3.8, 4) is 0 Å². The number of amides is 3. The molecule has 208 valence electrons. The third-order valence-corrected chi connectivity index (χ3v) is 9.74. The number of ether oxygens (including phenoxy) is 1. The lowest BCUT2D eigenvalue weighted by Crippen LogP contribution is -2.48. The average molecular weight is 555 g/mol. The standard InChI is InChI=1S/C28H34N4O6S/c33-26-17-23-16-22(6-7-25(23)30-26)27(34)29-24-10-14-32(15-11-24)39(36,37)19-21-8-12-31(13-9-21)28(35)38-18-20-4-2-1-3-5-20/h1-7,16,21,24H,8-15,17-19H2,(H,29,34)(H,30,33). The van der Waals surface area contributed by atoms with Gasteiger partial charge >= 0.3 is 6.09 Å². The summed E-state index contributed by atoms with van der Waals surface area (Å²) >= 11 is 0. The second kappa shape index (κ2) is 11.7. The second-order valence-corrected chi connectivity index (χ2v) is 12.5. The largest absolute Gasteiger partial charge is 0.445 e. The van der Waals surface area contributed by atoms with Gasteiger partial charge in [0, 0.05) is 43.5 Å². The maximum Gasteiger partial charge on any atom is 0.410 e. The van der Waals surface area contributed by atoms with Gasteiger partial charge in [-0.05, 0) is 60.9 Å². The first-order chi connectivity index (χ1) is 18.8. The first kappa shape index (κ1) is 27.1. The summed E-state index contributed by atoms with van der Waals surface area (Å²) in [6.45, 7) is 1.90. The van der Waals surface area contributed by atoms with Gasteiger partial charge < -0.3 is 20.3 Å². The summed E-state index contributed by atoms with van der Waals surface area (Å²) in [4.78, 5) is 38.3. The predicted octanol–water partition coefficient (Wildman–Crippen LogP) is 2.75. The van der Waals surface area contributed by atoms with Crippen molar-refractivity contribution in [1.29, 1.82) is 0 Å². The summed E-state index contributed by atoms with van der Waals surface area (Å²) in [5.41, 5.74) is 2.97. The van der Waals surface area contributed by atoms with Crippen LogP contribution in [0.25, 0.3) is 0 Å². The van der Waals surface area contributed by atoms with Gasteiger partial charge in [-0.3, -0.25) is 9.59 Å². The highest BCUT2D eigenvalue weighted by molar-refractivity contribution is 7.89. The number of carbonyl (C=O) groups excluding carboxylic acids is 3. The molecule has 2 saturated heterocycles. The van der Waals surface area contributed by atoms with Crippen molar-refractivity contribution < 1.29 is 27.5 Å². The van der Waals surface area contributed by atoms with Gasteiger partial charge in [-0.15, -0.1) is 0 Å². The van der Waals surface area contributed by atoms with E-state index < -0.39 is 10.0 Å². The molecule has 3 aliphatic rings. The summed E-state index contributed by atoms with van der Waals surface area (Å²) in [5, 5.41) is 5.77. The van der Waals surface area contributed by atoms with E-state index in [1.807, 2.05) is 30.3 Å². The smallest absolute Gasteiger partial charge is 0.410 e. The van der Waals surface area contributed by atoms with Crippen molar-refractivity contribution >= 4 is 33.6 Å². The summed E-state index contributed by atoms with van der Waals surface area (Å²) in [6.07, 6.45) is 2.23. The minimum Gasteiger partial charge on any atom is -0.445 e. The topological polar surface area (TPSA) is 125 Å². The first-order valence-electron chi connectivity index (χ1n) is 13.4. The Morgan fingerprint density at radius 1 is 0.974 bits per heavy atom. The Morgan fingerprint density at radius 3 is 2.41 bits per heavy atom. The van der Waals surface area contributed by atoms with Crippen molar-refractivity contribution in [1.82, 2.24) is 14.5 Å². The minimum absolute atomic E-state index is 0.00761. The molecule has 11 heteroatoms. The van der Waals surface area contributed by atoms with E-state index in [0.29, 0.717) is 57.4 Å². The second-order valence-electron chi connectivity index (χ2n) is 10.5. The van der Waals surface area contributed by atoms with Crippen LogP contribution in [-0.2, 0) is 32.6 Å². The Labute approximate surface area is 228 Å². The molecule has 0 bridgehead atoms. The van der Waals surface area contributed by atoms with E-state index in [1.54, 1.807) is 23.1 Å². The number of sulfonamides is 1. The molecule has 39 heavy (non-hydrogen) atoms. The van der Waals surface area contributed by atoms with Gasteiger partial charge in [0.2, 0.25) is 15.9 Å². The number of piperidine rings is 2. The van der Waals surface area contributed by atoms with E-state index in [1.165, 1.54) is 4.31 Å². The zero-order chi connectivity index (χ0) is 27.4. The molecule has 5 rings (SSSR count). The van der Waals surface area contributed by atoms with Gasteiger partial charge in [0.15, 0.2) is 0 Å². The van der Waals surface area contributed by atoms with Crippen LogP contribution in [0, 0.1) is 5.92 Å². The molecule has 10 nitrogen and oxygen atoms in total. The van der Waals surface area contributed by atoms with E-state index in [4.69, 9.17) is 4.74 Å². The summed E-state index contributed by atoms with van der Waals surface area (Å²) in [5.74, 6) is -0.235. The Morgan fingerprint density at radius 2 is 1.69 bits per heavy atom. The molecule has 0 saturated carbocycles. The zero-order valence-electron chi connectivity index (χ0n) is 21.8. The van der Waals surface area contributed by atoms with E-state index in [2.05, 4.69) is 10.6 Å². The third kappa shape index (κ3) is 6.77. The van der Waals surface area contributed by atoms with E-state index in [0.717, 1.165) is 16.8 Å². The molecule has 2 N–H and O–H groups in total. The van der Waals surface area contributed by atoms with Crippen LogP contribution in [0.3, 0.4) is 0 Å². The molecule has 0 spiro atoms. The SMILES string of the molecule is O=C1Cc2cc(C(=O)NC3CCN(S(=O)(=O)CC4CCN(C(=O)OCc5ccccc5)CC4)CC3)ccc2N1. The van der Waals surface area contributed by atoms with Gasteiger partial charge in [0.05, 0.1) is 12.2 Å². The lowest BCUT2D eigenvalue weighted by molar-refractivity contribution is -0.115. The fourth-order valence-corrected chi connectivity index (χ4v) is 7.32. The maximum absolute atomic E-state index is 13.1. The number of benzene rings is 2. The van der Waals surface area contributed by atoms with Gasteiger partial charge in [-0.25, -0.2) is 17.5 Å². The Bertz CT molecular complexity index is 1320. The van der Waals surface area contributed by atoms with Crippen molar-refractivity contribution in [2.75, 3.05) is 37.2 Å². The van der Waals surface area contributed by atoms with E-state index >= 15 is 0 Å². The molecule has 2 aromatic carbocycles. The minimum atomic E-state index is -3.44. The highest BCUT2D eigenvalue weighted by Crippen LogP contribution is 2.25. The number of anilines is 1. The lowest BCUT2D eigenvalue weighted by atomic mass is 9.99. The number of fused-ring (bicyclic) bond motifs is 1. The van der Waals surface area contributed by atoms with Gasteiger partial charge in [0.1, 0.15) is 6.61 Å². The first-order valence-corrected chi connectivity index (χ1v) is 15.0. The van der Waals surface area contributed by atoms with E-state index in [9.17, 15) is 22.8 Å². The lowest BCUT2D eigenvalue weighted by Gasteiger charge is -2.35. The molecule has 3 aliphatic heterocycles. The van der Waals surface area contributed by atoms with Gasteiger partial charge in [0.25, 0.3) is 5.91 Å². The van der Waals surface area contributed by atoms with Gasteiger partial charge in [-0.2, -0.15) is 0 Å². The number of hydrogen-bond acceptors (Lipinski definition) is 6. The number of nitrogens with one attached hydrogen (secondary N) is 2. The molecule has 0 radical (unpaired) electrons. The molecule has 0 unspecified atom stereocenters. The molecule has 0 aromatic heterocycles. The van der Waals surface area contributed by atoms with Crippen molar-refractivity contribution in [2.45, 2.75) is 44.8 Å². The summed E-state index contributed by atoms with van der Waals surface area (Å²) < 4.78 is 33.2. The van der Waals surface area contributed by atoms with E-state index in [-0.39, 0.29) is 48.6 Å². The fourth-order valence-electron chi connectivity index (χ4n) is 5.41. The van der Waals surface area contributed by atoms with Crippen LogP contribution in [0.4, 0.5) is 10.5 Å². The van der Waals surface area contributed by atoms with Gasteiger partial charge in [-0.1, -0.05) is 30.3 Å². The number of nitrogens with zero attached hydrogens (tertiary/aromatic N) is 2. The Hall–Kier alpha value is -3.44. The molecule has 2 fully saturated rings. The highest BCUT2D eigenvalue weighted by atomic mass is 32.2. The third-order valence-electron chi connectivity index (χ3n) is 7.70.